The minimum atomic E-state index is 0.793. The van der Waals surface area contributed by atoms with Crippen molar-refractivity contribution in [2.24, 2.45) is 0 Å². The van der Waals surface area contributed by atoms with Crippen LogP contribution >= 0.6 is 0 Å². The van der Waals surface area contributed by atoms with E-state index in [1.54, 1.807) is 12.5 Å². The zero-order chi connectivity index (χ0) is 8.39. The summed E-state index contributed by atoms with van der Waals surface area (Å²) in [6.07, 6.45) is 5.46. The van der Waals surface area contributed by atoms with Crippen molar-refractivity contribution >= 4 is 5.65 Å². The maximum absolute atomic E-state index is 4.36. The Hall–Kier alpha value is -1.42. The Balaban J connectivity index is 2.47. The smallest absolute Gasteiger partial charge is 0.139 e. The number of rotatable bonds is 2. The van der Waals surface area contributed by atoms with Gasteiger partial charge in [-0.15, -0.1) is 0 Å². The zero-order valence-corrected chi connectivity index (χ0v) is 6.86. The highest BCUT2D eigenvalue weighted by Gasteiger charge is 1.97. The third kappa shape index (κ3) is 1.16. The zero-order valence-electron chi connectivity index (χ0n) is 6.86. The van der Waals surface area contributed by atoms with Gasteiger partial charge in [-0.1, -0.05) is 0 Å². The number of fused-ring (bicyclic) bond motifs is 1. The predicted octanol–water partition coefficient (Wildman–Crippen LogP) is 0.449. The molecule has 2 aromatic rings. The first-order valence-corrected chi connectivity index (χ1v) is 3.82. The summed E-state index contributed by atoms with van der Waals surface area (Å²) in [7, 11) is 1.91. The van der Waals surface area contributed by atoms with Gasteiger partial charge in [-0.05, 0) is 13.1 Å². The Morgan fingerprint density at radius 1 is 1.58 bits per heavy atom. The largest absolute Gasteiger partial charge is 0.314 e. The highest BCUT2D eigenvalue weighted by Crippen LogP contribution is 2.01. The summed E-state index contributed by atoms with van der Waals surface area (Å²) in [6, 6.07) is 1.89. The molecular formula is C8H10N4. The molecule has 0 atom stereocenters. The first-order chi connectivity index (χ1) is 5.90. The maximum Gasteiger partial charge on any atom is 0.139 e. The quantitative estimate of drug-likeness (QED) is 0.697. The van der Waals surface area contributed by atoms with E-state index < -0.39 is 0 Å². The van der Waals surface area contributed by atoms with Gasteiger partial charge in [0, 0.05) is 18.9 Å². The van der Waals surface area contributed by atoms with E-state index in [4.69, 9.17) is 0 Å². The number of imidazole rings is 1. The van der Waals surface area contributed by atoms with E-state index in [1.165, 1.54) is 0 Å². The van der Waals surface area contributed by atoms with Crippen LogP contribution in [0.4, 0.5) is 0 Å². The van der Waals surface area contributed by atoms with Crippen molar-refractivity contribution in [1.29, 1.82) is 0 Å². The summed E-state index contributed by atoms with van der Waals surface area (Å²) >= 11 is 0. The molecule has 0 aliphatic rings. The molecular weight excluding hydrogens is 152 g/mol. The van der Waals surface area contributed by atoms with E-state index in [0.717, 1.165) is 17.9 Å². The minimum absolute atomic E-state index is 0.793. The van der Waals surface area contributed by atoms with Gasteiger partial charge in [0.15, 0.2) is 0 Å². The molecule has 0 radical (unpaired) electrons. The molecule has 0 saturated carbocycles. The second kappa shape index (κ2) is 2.91. The van der Waals surface area contributed by atoms with Gasteiger partial charge in [-0.25, -0.2) is 9.97 Å². The van der Waals surface area contributed by atoms with Crippen molar-refractivity contribution in [3.05, 3.63) is 30.5 Å². The van der Waals surface area contributed by atoms with E-state index in [-0.39, 0.29) is 0 Å². The fourth-order valence-electron chi connectivity index (χ4n) is 1.16. The molecule has 2 heterocycles. The van der Waals surface area contributed by atoms with Crippen molar-refractivity contribution in [3.63, 3.8) is 0 Å². The first kappa shape index (κ1) is 7.24. The molecule has 0 spiro atoms. The molecule has 0 amide bonds. The highest BCUT2D eigenvalue weighted by atomic mass is 15.0. The lowest BCUT2D eigenvalue weighted by atomic mass is 10.5. The Morgan fingerprint density at radius 2 is 2.50 bits per heavy atom. The van der Waals surface area contributed by atoms with E-state index in [2.05, 4.69) is 15.3 Å². The average Bonchev–Trinajstić information content (AvgIpc) is 2.47. The highest BCUT2D eigenvalue weighted by molar-refractivity contribution is 5.37. The average molecular weight is 162 g/mol. The van der Waals surface area contributed by atoms with E-state index in [1.807, 2.05) is 23.7 Å². The van der Waals surface area contributed by atoms with Gasteiger partial charge in [0.25, 0.3) is 0 Å². The lowest BCUT2D eigenvalue weighted by Crippen LogP contribution is -2.04. The van der Waals surface area contributed by atoms with Crippen molar-refractivity contribution in [2.75, 3.05) is 7.05 Å². The molecule has 0 bridgehead atoms. The third-order valence-electron chi connectivity index (χ3n) is 1.67. The maximum atomic E-state index is 4.36. The van der Waals surface area contributed by atoms with E-state index in [9.17, 15) is 0 Å². The fourth-order valence-corrected chi connectivity index (χ4v) is 1.16. The minimum Gasteiger partial charge on any atom is -0.314 e. The van der Waals surface area contributed by atoms with Crippen LogP contribution in [0.2, 0.25) is 0 Å². The SMILES string of the molecule is CNCc1cn2cnccc2n1. The monoisotopic (exact) mass is 162 g/mol. The molecule has 4 nitrogen and oxygen atoms in total. The third-order valence-corrected chi connectivity index (χ3v) is 1.67. The summed E-state index contributed by atoms with van der Waals surface area (Å²) in [5.74, 6) is 0. The van der Waals surface area contributed by atoms with Gasteiger partial charge < -0.3 is 5.32 Å². The summed E-state index contributed by atoms with van der Waals surface area (Å²) < 4.78 is 1.91. The molecule has 12 heavy (non-hydrogen) atoms. The van der Waals surface area contributed by atoms with Crippen LogP contribution in [0.5, 0.6) is 0 Å². The Morgan fingerprint density at radius 3 is 3.25 bits per heavy atom. The molecule has 4 heteroatoms. The van der Waals surface area contributed by atoms with Crippen LogP contribution in [0.15, 0.2) is 24.8 Å². The van der Waals surface area contributed by atoms with E-state index in [0.29, 0.717) is 0 Å². The fraction of sp³-hybridized carbons (Fsp3) is 0.250. The molecule has 0 aromatic carbocycles. The van der Waals surface area contributed by atoms with Gasteiger partial charge in [0.2, 0.25) is 0 Å². The molecule has 0 unspecified atom stereocenters. The van der Waals surface area contributed by atoms with Gasteiger partial charge in [0.1, 0.15) is 12.0 Å². The summed E-state index contributed by atoms with van der Waals surface area (Å²) in [6.45, 7) is 0.793. The van der Waals surface area contributed by atoms with Crippen LogP contribution in [0, 0.1) is 0 Å². The molecule has 62 valence electrons. The number of aromatic nitrogens is 3. The lowest BCUT2D eigenvalue weighted by molar-refractivity contribution is 0.798. The Kier molecular flexibility index (Phi) is 1.75. The predicted molar refractivity (Wildman–Crippen MR) is 45.8 cm³/mol. The van der Waals surface area contributed by atoms with Gasteiger partial charge >= 0.3 is 0 Å². The molecule has 0 fully saturated rings. The van der Waals surface area contributed by atoms with Crippen LogP contribution in [0.3, 0.4) is 0 Å². The lowest BCUT2D eigenvalue weighted by Gasteiger charge is -1.88. The number of nitrogens with zero attached hydrogens (tertiary/aromatic N) is 3. The first-order valence-electron chi connectivity index (χ1n) is 3.82. The van der Waals surface area contributed by atoms with Crippen molar-refractivity contribution in [2.45, 2.75) is 6.54 Å². The molecule has 1 N–H and O–H groups in total. The standard InChI is InChI=1S/C8H10N4/c1-9-4-7-5-12-6-10-3-2-8(12)11-7/h2-3,5-6,9H,4H2,1H3. The van der Waals surface area contributed by atoms with Gasteiger partial charge in [0.05, 0.1) is 5.69 Å². The number of hydrogen-bond donors (Lipinski definition) is 1. The number of hydrogen-bond acceptors (Lipinski definition) is 3. The second-order valence-corrected chi connectivity index (χ2v) is 2.61. The van der Waals surface area contributed by atoms with Crippen molar-refractivity contribution < 1.29 is 0 Å². The van der Waals surface area contributed by atoms with Gasteiger partial charge in [-0.2, -0.15) is 0 Å². The van der Waals surface area contributed by atoms with Crippen LogP contribution in [0.1, 0.15) is 5.69 Å². The normalized spacial score (nSPS) is 10.8. The van der Waals surface area contributed by atoms with Crippen molar-refractivity contribution in [1.82, 2.24) is 19.7 Å². The van der Waals surface area contributed by atoms with Gasteiger partial charge in [-0.3, -0.25) is 4.40 Å². The van der Waals surface area contributed by atoms with Crippen LogP contribution in [0.25, 0.3) is 5.65 Å². The summed E-state index contributed by atoms with van der Waals surface area (Å²) in [5.41, 5.74) is 1.97. The van der Waals surface area contributed by atoms with Crippen LogP contribution < -0.4 is 5.32 Å². The molecule has 0 aliphatic carbocycles. The van der Waals surface area contributed by atoms with Crippen LogP contribution in [-0.4, -0.2) is 21.4 Å². The second-order valence-electron chi connectivity index (χ2n) is 2.61. The summed E-state index contributed by atoms with van der Waals surface area (Å²) in [5, 5.41) is 3.05. The van der Waals surface area contributed by atoms with E-state index >= 15 is 0 Å². The molecule has 2 rings (SSSR count). The number of nitrogens with one attached hydrogen (secondary N) is 1. The molecule has 2 aromatic heterocycles. The van der Waals surface area contributed by atoms with Crippen molar-refractivity contribution in [3.8, 4) is 0 Å². The topological polar surface area (TPSA) is 42.2 Å². The Labute approximate surface area is 70.3 Å². The van der Waals surface area contributed by atoms with Crippen LogP contribution in [-0.2, 0) is 6.54 Å². The molecule has 0 aliphatic heterocycles. The Bertz CT molecular complexity index is 346. The molecule has 0 saturated heterocycles. The summed E-state index contributed by atoms with van der Waals surface area (Å²) in [4.78, 5) is 8.35.